The summed E-state index contributed by atoms with van der Waals surface area (Å²) >= 11 is 0. The largest absolute Gasteiger partial charge is 0.493 e. The van der Waals surface area contributed by atoms with Crippen LogP contribution in [-0.2, 0) is 10.0 Å². The van der Waals surface area contributed by atoms with Gasteiger partial charge in [0.25, 0.3) is 0 Å². The van der Waals surface area contributed by atoms with Gasteiger partial charge in [0.05, 0.1) is 26.5 Å². The summed E-state index contributed by atoms with van der Waals surface area (Å²) in [4.78, 5) is 4.34. The van der Waals surface area contributed by atoms with Crippen molar-refractivity contribution in [2.45, 2.75) is 13.8 Å². The molecule has 0 amide bonds. The van der Waals surface area contributed by atoms with Gasteiger partial charge in [-0.1, -0.05) is 0 Å². The van der Waals surface area contributed by atoms with Gasteiger partial charge in [-0.2, -0.15) is 0 Å². The normalized spacial score (nSPS) is 11.9. The van der Waals surface area contributed by atoms with Gasteiger partial charge in [0.2, 0.25) is 10.0 Å². The molecule has 8 nitrogen and oxygen atoms in total. The highest BCUT2D eigenvalue weighted by molar-refractivity contribution is 7.89. The zero-order chi connectivity index (χ0) is 18.0. The van der Waals surface area contributed by atoms with Crippen LogP contribution in [0.3, 0.4) is 0 Å². The predicted octanol–water partition coefficient (Wildman–Crippen LogP) is 1.02. The molecule has 0 aromatic heterocycles. The summed E-state index contributed by atoms with van der Waals surface area (Å²) in [6.45, 7) is 4.79. The van der Waals surface area contributed by atoms with Crippen molar-refractivity contribution in [1.82, 2.24) is 10.0 Å². The molecule has 9 heteroatoms. The molecule has 0 fully saturated rings. The molecule has 0 spiro atoms. The lowest BCUT2D eigenvalue weighted by Crippen LogP contribution is -2.32. The van der Waals surface area contributed by atoms with E-state index in [0.29, 0.717) is 30.5 Å². The van der Waals surface area contributed by atoms with E-state index in [1.807, 2.05) is 13.0 Å². The third-order valence-corrected chi connectivity index (χ3v) is 4.48. The highest BCUT2D eigenvalue weighted by atomic mass is 32.2. The molecule has 1 aromatic carbocycles. The minimum absolute atomic E-state index is 0.0562. The average molecular weight is 358 g/mol. The van der Waals surface area contributed by atoms with Gasteiger partial charge < -0.3 is 20.1 Å². The molecular formula is C15H26N4O4S. The standard InChI is InChI=1S/C15H26N4O4S/c1-5-16-15(17-9-10-18-24(20,21)6-2)19-12-7-8-13(22-3)14(11-12)23-4/h7-8,11,18H,5-6,9-10H2,1-4H3,(H2,16,17,19). The Balaban J connectivity index is 2.73. The summed E-state index contributed by atoms with van der Waals surface area (Å²) in [5, 5.41) is 6.24. The Morgan fingerprint density at radius 3 is 2.46 bits per heavy atom. The monoisotopic (exact) mass is 358 g/mol. The van der Waals surface area contributed by atoms with Crippen LogP contribution in [0.4, 0.5) is 5.69 Å². The number of hydrogen-bond acceptors (Lipinski definition) is 5. The van der Waals surface area contributed by atoms with Gasteiger partial charge in [-0.15, -0.1) is 0 Å². The second-order valence-electron chi connectivity index (χ2n) is 4.75. The van der Waals surface area contributed by atoms with E-state index in [0.717, 1.165) is 5.69 Å². The number of benzene rings is 1. The molecule has 0 saturated heterocycles. The van der Waals surface area contributed by atoms with Gasteiger partial charge >= 0.3 is 0 Å². The minimum Gasteiger partial charge on any atom is -0.493 e. The second-order valence-corrected chi connectivity index (χ2v) is 6.85. The topological polar surface area (TPSA) is 101 Å². The van der Waals surface area contributed by atoms with Gasteiger partial charge in [0, 0.05) is 24.8 Å². The van der Waals surface area contributed by atoms with E-state index in [1.165, 1.54) is 0 Å². The van der Waals surface area contributed by atoms with Crippen LogP contribution in [0.25, 0.3) is 0 Å². The lowest BCUT2D eigenvalue weighted by atomic mass is 10.3. The number of nitrogens with zero attached hydrogens (tertiary/aromatic N) is 1. The summed E-state index contributed by atoms with van der Waals surface area (Å²) in [7, 11) is -0.0484. The maximum Gasteiger partial charge on any atom is 0.211 e. The van der Waals surface area contributed by atoms with Gasteiger partial charge in [-0.3, -0.25) is 4.99 Å². The summed E-state index contributed by atoms with van der Waals surface area (Å²) in [6.07, 6.45) is 0. The number of guanidine groups is 1. The van der Waals surface area contributed by atoms with Crippen molar-refractivity contribution >= 4 is 21.7 Å². The summed E-state index contributed by atoms with van der Waals surface area (Å²) in [5.74, 6) is 1.86. The van der Waals surface area contributed by atoms with Crippen LogP contribution < -0.4 is 24.8 Å². The number of hydrogen-bond donors (Lipinski definition) is 3. The first kappa shape index (κ1) is 20.0. The highest BCUT2D eigenvalue weighted by Gasteiger charge is 2.07. The smallest absolute Gasteiger partial charge is 0.211 e. The van der Waals surface area contributed by atoms with Crippen LogP contribution in [0, 0.1) is 0 Å². The molecule has 0 saturated carbocycles. The maximum atomic E-state index is 11.4. The molecule has 24 heavy (non-hydrogen) atoms. The molecule has 0 atom stereocenters. The first-order chi connectivity index (χ1) is 11.5. The van der Waals surface area contributed by atoms with Crippen molar-refractivity contribution in [3.63, 3.8) is 0 Å². The van der Waals surface area contributed by atoms with Crippen LogP contribution in [-0.4, -0.2) is 54.0 Å². The summed E-state index contributed by atoms with van der Waals surface area (Å²) < 4.78 is 35.7. The number of anilines is 1. The Hall–Kier alpha value is -2.00. The van der Waals surface area contributed by atoms with Crippen LogP contribution in [0.2, 0.25) is 0 Å². The quantitative estimate of drug-likeness (QED) is 0.346. The molecular weight excluding hydrogens is 332 g/mol. The molecule has 0 aliphatic rings. The third kappa shape index (κ3) is 6.63. The van der Waals surface area contributed by atoms with Crippen molar-refractivity contribution in [1.29, 1.82) is 0 Å². The van der Waals surface area contributed by atoms with E-state index in [2.05, 4.69) is 20.3 Å². The van der Waals surface area contributed by atoms with E-state index in [-0.39, 0.29) is 12.3 Å². The zero-order valence-electron chi connectivity index (χ0n) is 14.5. The maximum absolute atomic E-state index is 11.4. The van der Waals surface area contributed by atoms with Crippen molar-refractivity contribution in [3.8, 4) is 11.5 Å². The van der Waals surface area contributed by atoms with Crippen LogP contribution in [0.15, 0.2) is 23.2 Å². The fourth-order valence-electron chi connectivity index (χ4n) is 1.83. The predicted molar refractivity (Wildman–Crippen MR) is 96.6 cm³/mol. The summed E-state index contributed by atoms with van der Waals surface area (Å²) in [5.41, 5.74) is 0.779. The average Bonchev–Trinajstić information content (AvgIpc) is 2.58. The van der Waals surface area contributed by atoms with Crippen LogP contribution in [0.5, 0.6) is 11.5 Å². The van der Waals surface area contributed by atoms with E-state index >= 15 is 0 Å². The SMILES string of the molecule is CCNC(=NCCNS(=O)(=O)CC)Nc1ccc(OC)c(OC)c1. The molecule has 0 aliphatic carbocycles. The van der Waals surface area contributed by atoms with Crippen molar-refractivity contribution < 1.29 is 17.9 Å². The molecule has 0 aliphatic heterocycles. The fourth-order valence-corrected chi connectivity index (χ4v) is 2.44. The van der Waals surface area contributed by atoms with Gasteiger partial charge in [0.1, 0.15) is 0 Å². The number of nitrogens with one attached hydrogen (secondary N) is 3. The van der Waals surface area contributed by atoms with Crippen LogP contribution in [0.1, 0.15) is 13.8 Å². The number of ether oxygens (including phenoxy) is 2. The van der Waals surface area contributed by atoms with E-state index in [9.17, 15) is 8.42 Å². The van der Waals surface area contributed by atoms with Crippen molar-refractivity contribution in [2.75, 3.05) is 44.9 Å². The Kier molecular flexibility index (Phi) is 8.34. The highest BCUT2D eigenvalue weighted by Crippen LogP contribution is 2.29. The second kappa shape index (κ2) is 9.99. The van der Waals surface area contributed by atoms with E-state index in [1.54, 1.807) is 33.3 Å². The zero-order valence-corrected chi connectivity index (χ0v) is 15.4. The van der Waals surface area contributed by atoms with Gasteiger partial charge in [0.15, 0.2) is 17.5 Å². The lowest BCUT2D eigenvalue weighted by molar-refractivity contribution is 0.355. The molecule has 0 heterocycles. The molecule has 1 aromatic rings. The Morgan fingerprint density at radius 2 is 1.88 bits per heavy atom. The van der Waals surface area contributed by atoms with Gasteiger partial charge in [-0.25, -0.2) is 13.1 Å². The number of aliphatic imine (C=N–C) groups is 1. The van der Waals surface area contributed by atoms with E-state index in [4.69, 9.17) is 9.47 Å². The molecule has 0 unspecified atom stereocenters. The molecule has 0 radical (unpaired) electrons. The first-order valence-corrected chi connectivity index (χ1v) is 9.35. The van der Waals surface area contributed by atoms with Crippen molar-refractivity contribution in [2.24, 2.45) is 4.99 Å². The van der Waals surface area contributed by atoms with E-state index < -0.39 is 10.0 Å². The van der Waals surface area contributed by atoms with Gasteiger partial charge in [-0.05, 0) is 26.0 Å². The Morgan fingerprint density at radius 1 is 1.17 bits per heavy atom. The lowest BCUT2D eigenvalue weighted by Gasteiger charge is -2.14. The molecule has 3 N–H and O–H groups in total. The molecule has 0 bridgehead atoms. The first-order valence-electron chi connectivity index (χ1n) is 7.70. The summed E-state index contributed by atoms with van der Waals surface area (Å²) in [6, 6.07) is 5.43. The Labute approximate surface area is 143 Å². The van der Waals surface area contributed by atoms with Crippen LogP contribution >= 0.6 is 0 Å². The number of methoxy groups -OCH3 is 2. The number of rotatable bonds is 9. The molecule has 136 valence electrons. The minimum atomic E-state index is -3.20. The number of sulfonamides is 1. The molecule has 1 rings (SSSR count). The van der Waals surface area contributed by atoms with Crippen molar-refractivity contribution in [3.05, 3.63) is 18.2 Å². The third-order valence-electron chi connectivity index (χ3n) is 3.07. The fraction of sp³-hybridized carbons (Fsp3) is 0.533. The Bertz CT molecular complexity index is 647.